The van der Waals surface area contributed by atoms with Gasteiger partial charge >= 0.3 is 0 Å². The molecule has 2 aromatic carbocycles. The molecule has 0 saturated carbocycles. The first-order valence-electron chi connectivity index (χ1n) is 9.87. The van der Waals surface area contributed by atoms with Gasteiger partial charge in [0, 0.05) is 5.41 Å². The number of benzene rings is 2. The summed E-state index contributed by atoms with van der Waals surface area (Å²) in [7, 11) is 0. The molecule has 0 N–H and O–H groups in total. The van der Waals surface area contributed by atoms with Gasteiger partial charge in [-0.05, 0) is 84.0 Å². The largest absolute Gasteiger partial charge is 0.0613 e. The van der Waals surface area contributed by atoms with E-state index in [4.69, 9.17) is 0 Å². The molecule has 0 spiro atoms. The Bertz CT molecular complexity index is 737. The Hall–Kier alpha value is -1.56. The van der Waals surface area contributed by atoms with Crippen LogP contribution in [0.25, 0.3) is 0 Å². The van der Waals surface area contributed by atoms with Crippen molar-refractivity contribution in [2.45, 2.75) is 86.5 Å². The summed E-state index contributed by atoms with van der Waals surface area (Å²) < 4.78 is 0. The quantitative estimate of drug-likeness (QED) is 0.542. The molecule has 0 bridgehead atoms. The third kappa shape index (κ3) is 3.68. The van der Waals surface area contributed by atoms with E-state index in [0.29, 0.717) is 5.92 Å². The fraction of sp³-hybridized carbons (Fsp3) is 0.520. The highest BCUT2D eigenvalue weighted by atomic mass is 14.3. The molecule has 2 aromatic rings. The number of aryl methyl sites for hydroxylation is 4. The smallest absolute Gasteiger partial charge is 0.0146 e. The highest BCUT2D eigenvalue weighted by Crippen LogP contribution is 2.37. The van der Waals surface area contributed by atoms with Crippen LogP contribution in [0.1, 0.15) is 92.0 Å². The normalized spacial score (nSPS) is 12.1. The van der Waals surface area contributed by atoms with E-state index >= 15 is 0 Å². The van der Waals surface area contributed by atoms with Gasteiger partial charge in [0.15, 0.2) is 0 Å². The molecule has 2 rings (SSSR count). The minimum absolute atomic E-state index is 0.0198. The molecule has 0 aliphatic carbocycles. The fourth-order valence-electron chi connectivity index (χ4n) is 4.49. The minimum Gasteiger partial charge on any atom is -0.0613 e. The van der Waals surface area contributed by atoms with Crippen molar-refractivity contribution in [3.63, 3.8) is 0 Å². The second kappa shape index (κ2) is 7.36. The van der Waals surface area contributed by atoms with Gasteiger partial charge in [0.2, 0.25) is 0 Å². The molecule has 0 unspecified atom stereocenters. The summed E-state index contributed by atoms with van der Waals surface area (Å²) in [6.45, 7) is 20.7. The average Bonchev–Trinajstić information content (AvgIpc) is 2.52. The van der Waals surface area contributed by atoms with Crippen LogP contribution < -0.4 is 0 Å². The second-order valence-corrected chi connectivity index (χ2v) is 8.44. The molecule has 0 aliphatic heterocycles. The lowest BCUT2D eigenvalue weighted by Gasteiger charge is -2.30. The molecule has 25 heavy (non-hydrogen) atoms. The van der Waals surface area contributed by atoms with E-state index in [9.17, 15) is 0 Å². The lowest BCUT2D eigenvalue weighted by atomic mass is 9.74. The summed E-state index contributed by atoms with van der Waals surface area (Å²) in [4.78, 5) is 0. The van der Waals surface area contributed by atoms with Gasteiger partial charge < -0.3 is 0 Å². The Morgan fingerprint density at radius 2 is 1.24 bits per heavy atom. The highest BCUT2D eigenvalue weighted by Gasteiger charge is 2.26. The summed E-state index contributed by atoms with van der Waals surface area (Å²) in [5.74, 6) is 0.579. The Kier molecular flexibility index (Phi) is 5.82. The van der Waals surface area contributed by atoms with Crippen molar-refractivity contribution < 1.29 is 0 Å². The Labute approximate surface area is 155 Å². The molecule has 0 nitrogen and oxygen atoms in total. The van der Waals surface area contributed by atoms with Crippen LogP contribution in [0, 0.1) is 20.8 Å². The van der Waals surface area contributed by atoms with Crippen molar-refractivity contribution in [1.29, 1.82) is 0 Å². The van der Waals surface area contributed by atoms with E-state index in [1.54, 1.807) is 0 Å². The van der Waals surface area contributed by atoms with Crippen LogP contribution in [-0.4, -0.2) is 0 Å². The van der Waals surface area contributed by atoms with Crippen molar-refractivity contribution in [3.05, 3.63) is 68.8 Å². The van der Waals surface area contributed by atoms with Crippen LogP contribution >= 0.6 is 0 Å². The maximum Gasteiger partial charge on any atom is 0.0146 e. The predicted molar refractivity (Wildman–Crippen MR) is 112 cm³/mol. The Balaban J connectivity index is 2.61. The van der Waals surface area contributed by atoms with Gasteiger partial charge in [-0.1, -0.05) is 65.8 Å². The summed E-state index contributed by atoms with van der Waals surface area (Å²) in [6.07, 6.45) is 2.23. The Morgan fingerprint density at radius 3 is 1.68 bits per heavy atom. The van der Waals surface area contributed by atoms with Gasteiger partial charge in [0.05, 0.1) is 0 Å². The van der Waals surface area contributed by atoms with Gasteiger partial charge in [-0.3, -0.25) is 0 Å². The minimum atomic E-state index is 0.0198. The van der Waals surface area contributed by atoms with Crippen LogP contribution in [0.5, 0.6) is 0 Å². The first-order valence-corrected chi connectivity index (χ1v) is 9.87. The van der Waals surface area contributed by atoms with Gasteiger partial charge in [0.1, 0.15) is 0 Å². The van der Waals surface area contributed by atoms with E-state index in [1.165, 1.54) is 44.5 Å². The molecule has 0 aliphatic rings. The third-order valence-corrected chi connectivity index (χ3v) is 5.91. The summed E-state index contributed by atoms with van der Waals surface area (Å²) in [6, 6.07) is 9.69. The number of hydrogen-bond donors (Lipinski definition) is 0. The molecular weight excluding hydrogens is 300 g/mol. The molecule has 0 amide bonds. The fourth-order valence-corrected chi connectivity index (χ4v) is 4.49. The lowest BCUT2D eigenvalue weighted by Crippen LogP contribution is -2.21. The van der Waals surface area contributed by atoms with E-state index in [1.807, 2.05) is 0 Å². The van der Waals surface area contributed by atoms with Gasteiger partial charge in [0.25, 0.3) is 0 Å². The van der Waals surface area contributed by atoms with E-state index in [0.717, 1.165) is 12.8 Å². The molecule has 0 atom stereocenters. The molecule has 0 saturated heterocycles. The summed E-state index contributed by atoms with van der Waals surface area (Å²) >= 11 is 0. The lowest BCUT2D eigenvalue weighted by molar-refractivity contribution is 0.635. The number of hydrogen-bond acceptors (Lipinski definition) is 0. The average molecular weight is 337 g/mol. The topological polar surface area (TPSA) is 0 Å². The highest BCUT2D eigenvalue weighted by molar-refractivity contribution is 5.49. The van der Waals surface area contributed by atoms with E-state index in [2.05, 4.69) is 86.6 Å². The number of rotatable bonds is 5. The predicted octanol–water partition coefficient (Wildman–Crippen LogP) is 7.19. The molecular formula is C25H36. The van der Waals surface area contributed by atoms with Crippen molar-refractivity contribution in [2.24, 2.45) is 0 Å². The van der Waals surface area contributed by atoms with Gasteiger partial charge in [-0.2, -0.15) is 0 Å². The van der Waals surface area contributed by atoms with Gasteiger partial charge in [-0.25, -0.2) is 0 Å². The standard InChI is InChI=1S/C25H36/c1-10-20-15-22(12-17(5)23(20)11-2)25(8,9)21-13-18(6)24(16(3)4)19(7)14-21/h12-16H,10-11H2,1-9H3. The molecule has 0 aromatic heterocycles. The van der Waals surface area contributed by atoms with Crippen molar-refractivity contribution in [2.75, 3.05) is 0 Å². The van der Waals surface area contributed by atoms with Crippen molar-refractivity contribution in [3.8, 4) is 0 Å². The van der Waals surface area contributed by atoms with Crippen LogP contribution in [0.3, 0.4) is 0 Å². The van der Waals surface area contributed by atoms with E-state index < -0.39 is 0 Å². The van der Waals surface area contributed by atoms with Crippen LogP contribution in [0.4, 0.5) is 0 Å². The third-order valence-electron chi connectivity index (χ3n) is 5.91. The van der Waals surface area contributed by atoms with E-state index in [-0.39, 0.29) is 5.41 Å². The van der Waals surface area contributed by atoms with Crippen LogP contribution in [-0.2, 0) is 18.3 Å². The molecule has 0 heteroatoms. The zero-order valence-electron chi connectivity index (χ0n) is 17.8. The molecule has 136 valence electrons. The summed E-state index contributed by atoms with van der Waals surface area (Å²) in [5.41, 5.74) is 11.7. The maximum atomic E-state index is 2.45. The first-order chi connectivity index (χ1) is 11.6. The maximum absolute atomic E-state index is 2.45. The van der Waals surface area contributed by atoms with Crippen molar-refractivity contribution >= 4 is 0 Å². The molecule has 0 radical (unpaired) electrons. The van der Waals surface area contributed by atoms with Crippen molar-refractivity contribution in [1.82, 2.24) is 0 Å². The van der Waals surface area contributed by atoms with Gasteiger partial charge in [-0.15, -0.1) is 0 Å². The zero-order chi connectivity index (χ0) is 18.9. The molecule has 0 fully saturated rings. The Morgan fingerprint density at radius 1 is 0.760 bits per heavy atom. The van der Waals surface area contributed by atoms with Crippen LogP contribution in [0.15, 0.2) is 24.3 Å². The molecule has 0 heterocycles. The van der Waals surface area contributed by atoms with Crippen LogP contribution in [0.2, 0.25) is 0 Å². The zero-order valence-corrected chi connectivity index (χ0v) is 17.8. The second-order valence-electron chi connectivity index (χ2n) is 8.44. The summed E-state index contributed by atoms with van der Waals surface area (Å²) in [5, 5.41) is 0. The SMILES string of the molecule is CCc1cc(C(C)(C)c2cc(C)c(C(C)C)c(C)c2)cc(C)c1CC. The first kappa shape index (κ1) is 19.8. The monoisotopic (exact) mass is 336 g/mol.